The summed E-state index contributed by atoms with van der Waals surface area (Å²) in [6.45, 7) is 6.55. The molecular weight excluding hydrogens is 494 g/mol. The molecule has 4 rings (SSSR count). The van der Waals surface area contributed by atoms with Crippen LogP contribution in [0.25, 0.3) is 11.1 Å². The summed E-state index contributed by atoms with van der Waals surface area (Å²) in [4.78, 5) is 53.2. The minimum Gasteiger partial charge on any atom is -0.456 e. The monoisotopic (exact) mass is 523 g/mol. The summed E-state index contributed by atoms with van der Waals surface area (Å²) in [5.41, 5.74) is 0.0806. The van der Waals surface area contributed by atoms with Crippen LogP contribution in [0, 0.1) is 0 Å². The molecule has 1 aromatic carbocycles. The predicted octanol–water partition coefficient (Wildman–Crippen LogP) is 3.90. The number of esters is 1. The number of carbonyl (C=O) groups is 4. The van der Waals surface area contributed by atoms with Gasteiger partial charge in [-0.3, -0.25) is 19.2 Å². The first-order valence-corrected chi connectivity index (χ1v) is 12.7. The standard InChI is InChI=1S/C26H29N5O5S/c1-6-26(17-10-8-7-9-11-17)23(34)31(24(35)29-26)14-19(32)28-21-20(22(33)36-25(2,3)4)18(15-37-21)16-12-27-30(5)13-16/h7-13,15H,6,14H2,1-5H3,(H,28,32)(H,29,35). The number of nitrogens with zero attached hydrogens (tertiary/aromatic N) is 3. The number of aryl methyl sites for hydroxylation is 1. The van der Waals surface area contributed by atoms with E-state index >= 15 is 0 Å². The van der Waals surface area contributed by atoms with Crippen LogP contribution in [0.2, 0.25) is 0 Å². The van der Waals surface area contributed by atoms with E-state index in [1.165, 1.54) is 0 Å². The summed E-state index contributed by atoms with van der Waals surface area (Å²) in [6, 6.07) is 8.28. The van der Waals surface area contributed by atoms with Crippen LogP contribution >= 0.6 is 11.3 Å². The van der Waals surface area contributed by atoms with E-state index in [1.807, 2.05) is 6.07 Å². The van der Waals surface area contributed by atoms with Crippen LogP contribution in [-0.2, 0) is 26.9 Å². The fraction of sp³-hybridized carbons (Fsp3) is 0.346. The number of imide groups is 1. The second-order valence-corrected chi connectivity index (χ2v) is 10.6. The zero-order chi connectivity index (χ0) is 27.0. The Balaban J connectivity index is 1.59. The Kier molecular flexibility index (Phi) is 6.92. The zero-order valence-electron chi connectivity index (χ0n) is 21.3. The lowest BCUT2D eigenvalue weighted by Gasteiger charge is -2.25. The van der Waals surface area contributed by atoms with Crippen molar-refractivity contribution in [3.05, 3.63) is 59.2 Å². The van der Waals surface area contributed by atoms with Crippen LogP contribution in [0.1, 0.15) is 50.0 Å². The van der Waals surface area contributed by atoms with Gasteiger partial charge in [-0.1, -0.05) is 37.3 Å². The Bertz CT molecular complexity index is 1360. The Morgan fingerprint density at radius 3 is 2.49 bits per heavy atom. The number of thiophene rings is 1. The summed E-state index contributed by atoms with van der Waals surface area (Å²) < 4.78 is 7.20. The molecule has 0 bridgehead atoms. The molecule has 1 unspecified atom stereocenters. The van der Waals surface area contributed by atoms with Crippen molar-refractivity contribution < 1.29 is 23.9 Å². The molecule has 2 aromatic heterocycles. The van der Waals surface area contributed by atoms with E-state index in [4.69, 9.17) is 4.74 Å². The molecule has 3 aromatic rings. The van der Waals surface area contributed by atoms with Crippen LogP contribution in [0.4, 0.5) is 9.80 Å². The number of anilines is 1. The average Bonchev–Trinajstić information content (AvgIpc) is 3.51. The lowest BCUT2D eigenvalue weighted by Crippen LogP contribution is -2.44. The van der Waals surface area contributed by atoms with Crippen LogP contribution < -0.4 is 10.6 Å². The van der Waals surface area contributed by atoms with Gasteiger partial charge in [-0.25, -0.2) is 9.59 Å². The van der Waals surface area contributed by atoms with E-state index < -0.39 is 41.5 Å². The number of urea groups is 1. The number of ether oxygens (including phenoxy) is 1. The Morgan fingerprint density at radius 1 is 1.19 bits per heavy atom. The first kappa shape index (κ1) is 26.1. The summed E-state index contributed by atoms with van der Waals surface area (Å²) in [6.07, 6.45) is 3.69. The SMILES string of the molecule is CCC1(c2ccccc2)NC(=O)N(CC(=O)Nc2scc(-c3cnn(C)c3)c2C(=O)OC(C)(C)C)C1=O. The van der Waals surface area contributed by atoms with Gasteiger partial charge in [0, 0.05) is 29.8 Å². The molecule has 37 heavy (non-hydrogen) atoms. The highest BCUT2D eigenvalue weighted by molar-refractivity contribution is 7.15. The maximum atomic E-state index is 13.4. The Labute approximate surface area is 218 Å². The lowest BCUT2D eigenvalue weighted by atomic mass is 9.87. The first-order valence-electron chi connectivity index (χ1n) is 11.8. The van der Waals surface area contributed by atoms with Crippen LogP contribution in [0.5, 0.6) is 0 Å². The highest BCUT2D eigenvalue weighted by Crippen LogP contribution is 2.37. The summed E-state index contributed by atoms with van der Waals surface area (Å²) in [5.74, 6) is -1.73. The first-order chi connectivity index (χ1) is 17.4. The minimum atomic E-state index is -1.24. The number of hydrogen-bond acceptors (Lipinski definition) is 7. The second-order valence-electron chi connectivity index (χ2n) is 9.75. The molecule has 1 aliphatic rings. The van der Waals surface area contributed by atoms with Gasteiger partial charge < -0.3 is 15.4 Å². The van der Waals surface area contributed by atoms with Gasteiger partial charge in [-0.2, -0.15) is 5.10 Å². The molecule has 4 amide bonds. The zero-order valence-corrected chi connectivity index (χ0v) is 22.1. The summed E-state index contributed by atoms with van der Waals surface area (Å²) in [7, 11) is 1.76. The van der Waals surface area contributed by atoms with Gasteiger partial charge in [0.05, 0.1) is 6.20 Å². The smallest absolute Gasteiger partial charge is 0.342 e. The molecule has 194 valence electrons. The van der Waals surface area contributed by atoms with Crippen molar-refractivity contribution in [1.82, 2.24) is 20.0 Å². The molecule has 0 radical (unpaired) electrons. The molecule has 1 aliphatic heterocycles. The van der Waals surface area contributed by atoms with Crippen LogP contribution in [-0.4, -0.2) is 50.6 Å². The lowest BCUT2D eigenvalue weighted by molar-refractivity contribution is -0.134. The van der Waals surface area contributed by atoms with E-state index in [1.54, 1.807) is 81.5 Å². The van der Waals surface area contributed by atoms with Crippen LogP contribution in [0.3, 0.4) is 0 Å². The largest absolute Gasteiger partial charge is 0.456 e. The summed E-state index contributed by atoms with van der Waals surface area (Å²) >= 11 is 1.15. The second kappa shape index (κ2) is 9.81. The number of benzene rings is 1. The molecule has 10 nitrogen and oxygen atoms in total. The number of aromatic nitrogens is 2. The highest BCUT2D eigenvalue weighted by atomic mass is 32.1. The number of hydrogen-bond donors (Lipinski definition) is 2. The van der Waals surface area contributed by atoms with E-state index in [0.717, 1.165) is 16.2 Å². The third-order valence-corrected chi connectivity index (χ3v) is 6.83. The van der Waals surface area contributed by atoms with Crippen molar-refractivity contribution in [2.75, 3.05) is 11.9 Å². The molecule has 0 aliphatic carbocycles. The van der Waals surface area contributed by atoms with E-state index in [9.17, 15) is 19.2 Å². The van der Waals surface area contributed by atoms with Crippen molar-refractivity contribution in [1.29, 1.82) is 0 Å². The predicted molar refractivity (Wildman–Crippen MR) is 139 cm³/mol. The molecule has 1 saturated heterocycles. The summed E-state index contributed by atoms with van der Waals surface area (Å²) in [5, 5.41) is 11.6. The number of rotatable bonds is 7. The molecular formula is C26H29N5O5S. The van der Waals surface area contributed by atoms with E-state index in [-0.39, 0.29) is 10.6 Å². The van der Waals surface area contributed by atoms with Gasteiger partial charge in [-0.15, -0.1) is 11.3 Å². The van der Waals surface area contributed by atoms with Crippen molar-refractivity contribution in [2.24, 2.45) is 7.05 Å². The maximum absolute atomic E-state index is 13.4. The minimum absolute atomic E-state index is 0.186. The van der Waals surface area contributed by atoms with E-state index in [2.05, 4.69) is 15.7 Å². The normalized spacial score (nSPS) is 17.6. The average molecular weight is 524 g/mol. The van der Waals surface area contributed by atoms with Gasteiger partial charge in [0.1, 0.15) is 28.2 Å². The van der Waals surface area contributed by atoms with Gasteiger partial charge in [0.25, 0.3) is 5.91 Å². The number of carbonyl (C=O) groups excluding carboxylic acids is 4. The molecule has 3 heterocycles. The number of nitrogens with one attached hydrogen (secondary N) is 2. The Morgan fingerprint density at radius 2 is 1.89 bits per heavy atom. The topological polar surface area (TPSA) is 123 Å². The van der Waals surface area contributed by atoms with Gasteiger partial charge in [-0.05, 0) is 32.8 Å². The van der Waals surface area contributed by atoms with Crippen molar-refractivity contribution >= 4 is 40.2 Å². The molecule has 2 N–H and O–H groups in total. The molecule has 0 saturated carbocycles. The third kappa shape index (κ3) is 5.12. The van der Waals surface area contributed by atoms with Crippen molar-refractivity contribution in [3.63, 3.8) is 0 Å². The molecule has 1 fully saturated rings. The molecule has 1 atom stereocenters. The van der Waals surface area contributed by atoms with Crippen LogP contribution in [0.15, 0.2) is 48.1 Å². The quantitative estimate of drug-likeness (QED) is 0.358. The van der Waals surface area contributed by atoms with Gasteiger partial charge in [0.15, 0.2) is 0 Å². The van der Waals surface area contributed by atoms with Gasteiger partial charge in [0.2, 0.25) is 5.91 Å². The molecule has 11 heteroatoms. The van der Waals surface area contributed by atoms with Gasteiger partial charge >= 0.3 is 12.0 Å². The fourth-order valence-electron chi connectivity index (χ4n) is 4.20. The maximum Gasteiger partial charge on any atom is 0.342 e. The van der Waals surface area contributed by atoms with Crippen molar-refractivity contribution in [3.8, 4) is 11.1 Å². The van der Waals surface area contributed by atoms with Crippen molar-refractivity contribution in [2.45, 2.75) is 45.3 Å². The third-order valence-electron chi connectivity index (χ3n) is 5.94. The van der Waals surface area contributed by atoms with E-state index in [0.29, 0.717) is 23.1 Å². The highest BCUT2D eigenvalue weighted by Gasteiger charge is 2.51. The Hall–Kier alpha value is -3.99. The molecule has 0 spiro atoms. The fourth-order valence-corrected chi connectivity index (χ4v) is 5.17. The number of amides is 4.